The van der Waals surface area contributed by atoms with Crippen LogP contribution in [-0.2, 0) is 17.8 Å². The van der Waals surface area contributed by atoms with E-state index in [1.54, 1.807) is 0 Å². The van der Waals surface area contributed by atoms with Gasteiger partial charge in [0.1, 0.15) is 11.6 Å². The molecule has 0 radical (unpaired) electrons. The van der Waals surface area contributed by atoms with Crippen molar-refractivity contribution in [2.24, 2.45) is 5.92 Å². The molecule has 104 valence electrons. The van der Waals surface area contributed by atoms with Crippen molar-refractivity contribution in [2.75, 3.05) is 19.6 Å². The normalized spacial score (nSPS) is 27.4. The third kappa shape index (κ3) is 2.25. The average molecular weight is 264 g/mol. The molecule has 1 saturated heterocycles. The Morgan fingerprint density at radius 1 is 1.37 bits per heavy atom. The average Bonchev–Trinajstić information content (AvgIpc) is 3.03. The highest BCUT2D eigenvalue weighted by molar-refractivity contribution is 5.70. The van der Waals surface area contributed by atoms with Crippen molar-refractivity contribution in [3.8, 4) is 0 Å². The number of hydrogen-bond acceptors (Lipinski definition) is 4. The molecule has 1 N–H and O–H groups in total. The van der Waals surface area contributed by atoms with Gasteiger partial charge in [0.15, 0.2) is 0 Å². The maximum absolute atomic E-state index is 11.2. The summed E-state index contributed by atoms with van der Waals surface area (Å²) in [4.78, 5) is 13.6. The first-order chi connectivity index (χ1) is 9.19. The van der Waals surface area contributed by atoms with Crippen LogP contribution >= 0.6 is 0 Å². The van der Waals surface area contributed by atoms with Crippen molar-refractivity contribution >= 4 is 5.97 Å². The quantitative estimate of drug-likeness (QED) is 0.871. The van der Waals surface area contributed by atoms with Crippen molar-refractivity contribution in [2.45, 2.75) is 38.6 Å². The maximum Gasteiger partial charge on any atom is 0.308 e. The number of carboxylic acid groups (broad SMARTS) is 1. The fourth-order valence-electron chi connectivity index (χ4n) is 3.18. The molecule has 0 bridgehead atoms. The van der Waals surface area contributed by atoms with Crippen molar-refractivity contribution in [3.63, 3.8) is 0 Å². The molecule has 3 heterocycles. The van der Waals surface area contributed by atoms with E-state index >= 15 is 0 Å². The Morgan fingerprint density at radius 3 is 2.89 bits per heavy atom. The Kier molecular flexibility index (Phi) is 3.26. The predicted molar refractivity (Wildman–Crippen MR) is 68.9 cm³/mol. The Bertz CT molecular complexity index is 485. The second-order valence-corrected chi connectivity index (χ2v) is 5.54. The molecule has 0 saturated carbocycles. The summed E-state index contributed by atoms with van der Waals surface area (Å²) in [5.41, 5.74) is 0. The number of hydrogen-bond donors (Lipinski definition) is 1. The van der Waals surface area contributed by atoms with Crippen LogP contribution in [0.4, 0.5) is 0 Å². The van der Waals surface area contributed by atoms with Gasteiger partial charge in [-0.25, -0.2) is 0 Å². The molecular weight excluding hydrogens is 244 g/mol. The van der Waals surface area contributed by atoms with Crippen LogP contribution in [-0.4, -0.2) is 50.4 Å². The molecular formula is C13H20N4O2. The highest BCUT2D eigenvalue weighted by Gasteiger charge is 2.32. The number of carbonyl (C=O) groups is 1. The van der Waals surface area contributed by atoms with Crippen LogP contribution in [0, 0.1) is 5.92 Å². The summed E-state index contributed by atoms with van der Waals surface area (Å²) in [5.74, 6) is 1.38. The molecule has 2 aliphatic heterocycles. The van der Waals surface area contributed by atoms with Crippen LogP contribution in [0.5, 0.6) is 0 Å². The van der Waals surface area contributed by atoms with Gasteiger partial charge in [-0.05, 0) is 25.9 Å². The number of rotatable bonds is 3. The Balaban J connectivity index is 1.81. The first-order valence-corrected chi connectivity index (χ1v) is 7.06. The van der Waals surface area contributed by atoms with E-state index in [4.69, 9.17) is 0 Å². The first-order valence-electron chi connectivity index (χ1n) is 7.06. The summed E-state index contributed by atoms with van der Waals surface area (Å²) >= 11 is 0. The van der Waals surface area contributed by atoms with Gasteiger partial charge < -0.3 is 14.6 Å². The molecule has 2 atom stereocenters. The van der Waals surface area contributed by atoms with Crippen molar-refractivity contribution in [3.05, 3.63) is 11.6 Å². The van der Waals surface area contributed by atoms with Gasteiger partial charge >= 0.3 is 5.97 Å². The van der Waals surface area contributed by atoms with E-state index in [1.165, 1.54) is 0 Å². The Hall–Kier alpha value is -1.43. The zero-order valence-electron chi connectivity index (χ0n) is 11.2. The minimum Gasteiger partial charge on any atom is -0.481 e. The molecule has 2 aliphatic rings. The second kappa shape index (κ2) is 4.92. The van der Waals surface area contributed by atoms with Crippen molar-refractivity contribution in [1.82, 2.24) is 19.7 Å². The second-order valence-electron chi connectivity index (χ2n) is 5.54. The summed E-state index contributed by atoms with van der Waals surface area (Å²) in [6.45, 7) is 5.89. The number of carboxylic acids is 1. The van der Waals surface area contributed by atoms with E-state index in [1.807, 2.05) is 0 Å². The zero-order valence-corrected chi connectivity index (χ0v) is 11.2. The highest BCUT2D eigenvalue weighted by Crippen LogP contribution is 2.29. The molecule has 0 aliphatic carbocycles. The molecule has 6 nitrogen and oxygen atoms in total. The topological polar surface area (TPSA) is 71.2 Å². The van der Waals surface area contributed by atoms with Crippen molar-refractivity contribution in [1.29, 1.82) is 0 Å². The summed E-state index contributed by atoms with van der Waals surface area (Å²) < 4.78 is 2.06. The number of aryl methyl sites for hydroxylation is 1. The van der Waals surface area contributed by atoms with Crippen LogP contribution in [0.1, 0.15) is 37.3 Å². The molecule has 1 fully saturated rings. The minimum atomic E-state index is -0.702. The number of aliphatic carboxylic acids is 1. The van der Waals surface area contributed by atoms with Crippen molar-refractivity contribution < 1.29 is 9.90 Å². The van der Waals surface area contributed by atoms with Crippen LogP contribution in [0.2, 0.25) is 0 Å². The van der Waals surface area contributed by atoms with E-state index in [2.05, 4.69) is 26.6 Å². The van der Waals surface area contributed by atoms with Gasteiger partial charge in [-0.2, -0.15) is 0 Å². The number of likely N-dealkylation sites (N-methyl/N-ethyl adjacent to an activating group) is 1. The largest absolute Gasteiger partial charge is 0.481 e. The molecule has 19 heavy (non-hydrogen) atoms. The maximum atomic E-state index is 11.2. The molecule has 0 amide bonds. The smallest absolute Gasteiger partial charge is 0.308 e. The standard InChI is InChI=1S/C13H20N4O2/c1-2-16-6-5-9(7-16)12-15-14-11-4-3-10(13(18)19)8-17(11)12/h9-10H,2-8H2,1H3,(H,18,19). The van der Waals surface area contributed by atoms with Gasteiger partial charge in [-0.3, -0.25) is 4.79 Å². The lowest BCUT2D eigenvalue weighted by Gasteiger charge is -2.22. The molecule has 1 aromatic rings. The number of likely N-dealkylation sites (tertiary alicyclic amines) is 1. The zero-order chi connectivity index (χ0) is 13.4. The predicted octanol–water partition coefficient (Wildman–Crippen LogP) is 0.734. The van der Waals surface area contributed by atoms with Crippen LogP contribution in [0.25, 0.3) is 0 Å². The lowest BCUT2D eigenvalue weighted by atomic mass is 9.98. The fourth-order valence-corrected chi connectivity index (χ4v) is 3.18. The van der Waals surface area contributed by atoms with Gasteiger partial charge in [0, 0.05) is 25.4 Å². The minimum absolute atomic E-state index is 0.286. The van der Waals surface area contributed by atoms with Crippen LogP contribution in [0.15, 0.2) is 0 Å². The Labute approximate surface area is 112 Å². The third-order valence-electron chi connectivity index (χ3n) is 4.41. The van der Waals surface area contributed by atoms with Crippen LogP contribution < -0.4 is 0 Å². The van der Waals surface area contributed by atoms with E-state index < -0.39 is 5.97 Å². The number of fused-ring (bicyclic) bond motifs is 1. The lowest BCUT2D eigenvalue weighted by Crippen LogP contribution is -2.28. The number of nitrogens with zero attached hydrogens (tertiary/aromatic N) is 4. The lowest BCUT2D eigenvalue weighted by molar-refractivity contribution is -0.142. The van der Waals surface area contributed by atoms with Gasteiger partial charge in [-0.1, -0.05) is 6.92 Å². The summed E-state index contributed by atoms with van der Waals surface area (Å²) in [6.07, 6.45) is 2.51. The monoisotopic (exact) mass is 264 g/mol. The van der Waals surface area contributed by atoms with E-state index in [9.17, 15) is 9.90 Å². The van der Waals surface area contributed by atoms with E-state index in [0.717, 1.165) is 44.1 Å². The first kappa shape index (κ1) is 12.6. The molecule has 1 aromatic heterocycles. The molecule has 3 rings (SSSR count). The van der Waals surface area contributed by atoms with Gasteiger partial charge in [0.25, 0.3) is 0 Å². The number of aromatic nitrogens is 3. The van der Waals surface area contributed by atoms with Gasteiger partial charge in [0.05, 0.1) is 5.92 Å². The SMILES string of the molecule is CCN1CCC(c2nnc3n2CC(C(=O)O)CC3)C1. The molecule has 6 heteroatoms. The van der Waals surface area contributed by atoms with Crippen LogP contribution in [0.3, 0.4) is 0 Å². The summed E-state index contributed by atoms with van der Waals surface area (Å²) in [7, 11) is 0. The van der Waals surface area contributed by atoms with E-state index in [0.29, 0.717) is 18.9 Å². The van der Waals surface area contributed by atoms with Gasteiger partial charge in [-0.15, -0.1) is 10.2 Å². The summed E-state index contributed by atoms with van der Waals surface area (Å²) in [6, 6.07) is 0. The fraction of sp³-hybridized carbons (Fsp3) is 0.769. The molecule has 0 spiro atoms. The van der Waals surface area contributed by atoms with Gasteiger partial charge in [0.2, 0.25) is 0 Å². The third-order valence-corrected chi connectivity index (χ3v) is 4.41. The Morgan fingerprint density at radius 2 is 2.21 bits per heavy atom. The summed E-state index contributed by atoms with van der Waals surface area (Å²) in [5, 5.41) is 17.8. The highest BCUT2D eigenvalue weighted by atomic mass is 16.4. The molecule has 0 aromatic carbocycles. The molecule has 2 unspecified atom stereocenters. The van der Waals surface area contributed by atoms with E-state index in [-0.39, 0.29) is 5.92 Å².